The van der Waals surface area contributed by atoms with Crippen LogP contribution in [0.15, 0.2) is 24.3 Å². The molecule has 2 atom stereocenters. The van der Waals surface area contributed by atoms with Crippen molar-refractivity contribution in [3.05, 3.63) is 24.3 Å². The highest BCUT2D eigenvalue weighted by molar-refractivity contribution is 5.88. The van der Waals surface area contributed by atoms with E-state index in [1.165, 1.54) is 19.8 Å². The first-order valence-corrected chi connectivity index (χ1v) is 7.23. The van der Waals surface area contributed by atoms with E-state index < -0.39 is 0 Å². The summed E-state index contributed by atoms with van der Waals surface area (Å²) in [5, 5.41) is 15.5. The molecule has 0 aliphatic heterocycles. The number of nitriles is 1. The molecular weight excluding hydrogens is 250 g/mol. The highest BCUT2D eigenvalue weighted by atomic mass is 16.1. The van der Waals surface area contributed by atoms with Crippen molar-refractivity contribution in [3.8, 4) is 6.07 Å². The van der Waals surface area contributed by atoms with E-state index in [1.54, 1.807) is 0 Å². The minimum atomic E-state index is -0.0704. The Balaban J connectivity index is 2.01. The van der Waals surface area contributed by atoms with Crippen molar-refractivity contribution in [1.82, 2.24) is 0 Å². The molecule has 0 radical (unpaired) electrons. The molecule has 0 saturated heterocycles. The second kappa shape index (κ2) is 6.95. The zero-order valence-corrected chi connectivity index (χ0v) is 11.9. The van der Waals surface area contributed by atoms with Gasteiger partial charge in [0.1, 0.15) is 0 Å². The standard InChI is InChI=1S/C16H21N3O/c1-12(20)18-14-7-9-15(10-8-14)19-16-6-4-2-3-5-13(16)11-17/h7-10,13,16,19H,2-6H2,1H3,(H,18,20). The lowest BCUT2D eigenvalue weighted by Gasteiger charge is -2.22. The molecule has 1 saturated carbocycles. The van der Waals surface area contributed by atoms with Crippen molar-refractivity contribution in [2.45, 2.75) is 45.1 Å². The summed E-state index contributed by atoms with van der Waals surface area (Å²) in [7, 11) is 0. The van der Waals surface area contributed by atoms with Crippen LogP contribution in [-0.4, -0.2) is 11.9 Å². The monoisotopic (exact) mass is 271 g/mol. The molecule has 4 nitrogen and oxygen atoms in total. The smallest absolute Gasteiger partial charge is 0.221 e. The topological polar surface area (TPSA) is 64.9 Å². The molecule has 0 bridgehead atoms. The average molecular weight is 271 g/mol. The first-order valence-electron chi connectivity index (χ1n) is 7.23. The highest BCUT2D eigenvalue weighted by Gasteiger charge is 2.23. The van der Waals surface area contributed by atoms with Crippen LogP contribution in [0.25, 0.3) is 0 Å². The molecule has 1 amide bonds. The van der Waals surface area contributed by atoms with Crippen molar-refractivity contribution >= 4 is 17.3 Å². The van der Waals surface area contributed by atoms with Crippen LogP contribution < -0.4 is 10.6 Å². The van der Waals surface area contributed by atoms with Crippen LogP contribution in [0.1, 0.15) is 39.0 Å². The third-order valence-corrected chi connectivity index (χ3v) is 3.74. The number of hydrogen-bond donors (Lipinski definition) is 2. The minimum absolute atomic E-state index is 0.0704. The Morgan fingerprint density at radius 2 is 1.80 bits per heavy atom. The fourth-order valence-corrected chi connectivity index (χ4v) is 2.70. The first kappa shape index (κ1) is 14.4. The summed E-state index contributed by atoms with van der Waals surface area (Å²) in [6.07, 6.45) is 5.58. The van der Waals surface area contributed by atoms with Crippen LogP contribution in [0.3, 0.4) is 0 Å². The fourth-order valence-electron chi connectivity index (χ4n) is 2.70. The Morgan fingerprint density at radius 3 is 2.45 bits per heavy atom. The number of nitrogens with zero attached hydrogens (tertiary/aromatic N) is 1. The van der Waals surface area contributed by atoms with Gasteiger partial charge in [-0.15, -0.1) is 0 Å². The maximum absolute atomic E-state index is 11.0. The predicted octanol–water partition coefficient (Wildman–Crippen LogP) is 3.53. The van der Waals surface area contributed by atoms with Crippen LogP contribution in [0.5, 0.6) is 0 Å². The predicted molar refractivity (Wildman–Crippen MR) is 80.3 cm³/mol. The first-order chi connectivity index (χ1) is 9.69. The minimum Gasteiger partial charge on any atom is -0.381 e. The summed E-state index contributed by atoms with van der Waals surface area (Å²) in [6.45, 7) is 1.50. The van der Waals surface area contributed by atoms with Gasteiger partial charge in [0.25, 0.3) is 0 Å². The number of amides is 1. The largest absolute Gasteiger partial charge is 0.381 e. The van der Waals surface area contributed by atoms with Gasteiger partial charge in [-0.3, -0.25) is 4.79 Å². The molecular formula is C16H21N3O. The molecule has 1 aromatic rings. The van der Waals surface area contributed by atoms with E-state index in [0.29, 0.717) is 0 Å². The highest BCUT2D eigenvalue weighted by Crippen LogP contribution is 2.26. The number of carbonyl (C=O) groups is 1. The maximum atomic E-state index is 11.0. The summed E-state index contributed by atoms with van der Waals surface area (Å²) < 4.78 is 0. The molecule has 2 rings (SSSR count). The van der Waals surface area contributed by atoms with Crippen LogP contribution in [0, 0.1) is 17.2 Å². The van der Waals surface area contributed by atoms with E-state index in [-0.39, 0.29) is 17.9 Å². The third-order valence-electron chi connectivity index (χ3n) is 3.74. The van der Waals surface area contributed by atoms with Crippen molar-refractivity contribution in [1.29, 1.82) is 5.26 Å². The summed E-state index contributed by atoms with van der Waals surface area (Å²) in [6, 6.07) is 10.3. The van der Waals surface area contributed by atoms with Gasteiger partial charge >= 0.3 is 0 Å². The Kier molecular flexibility index (Phi) is 5.00. The molecule has 1 aromatic carbocycles. The Labute approximate surface area is 120 Å². The molecule has 4 heteroatoms. The second-order valence-corrected chi connectivity index (χ2v) is 5.38. The normalized spacial score (nSPS) is 22.4. The molecule has 1 fully saturated rings. The van der Waals surface area contributed by atoms with Gasteiger partial charge in [0.05, 0.1) is 12.0 Å². The van der Waals surface area contributed by atoms with Gasteiger partial charge in [-0.25, -0.2) is 0 Å². The van der Waals surface area contributed by atoms with E-state index in [2.05, 4.69) is 16.7 Å². The zero-order chi connectivity index (χ0) is 14.4. The number of carbonyl (C=O) groups excluding carboxylic acids is 1. The van der Waals surface area contributed by atoms with Crippen molar-refractivity contribution < 1.29 is 4.79 Å². The lowest BCUT2D eigenvalue weighted by atomic mass is 9.96. The van der Waals surface area contributed by atoms with Crippen molar-refractivity contribution in [2.75, 3.05) is 10.6 Å². The summed E-state index contributed by atoms with van der Waals surface area (Å²) in [4.78, 5) is 11.0. The Hall–Kier alpha value is -2.02. The van der Waals surface area contributed by atoms with Crippen LogP contribution in [0.4, 0.5) is 11.4 Å². The molecule has 20 heavy (non-hydrogen) atoms. The molecule has 0 spiro atoms. The van der Waals surface area contributed by atoms with Crippen LogP contribution in [-0.2, 0) is 4.79 Å². The average Bonchev–Trinajstić information content (AvgIpc) is 2.65. The third kappa shape index (κ3) is 3.99. The number of benzene rings is 1. The molecule has 106 valence electrons. The van der Waals surface area contributed by atoms with E-state index >= 15 is 0 Å². The van der Waals surface area contributed by atoms with Crippen LogP contribution >= 0.6 is 0 Å². The van der Waals surface area contributed by atoms with Gasteiger partial charge < -0.3 is 10.6 Å². The summed E-state index contributed by atoms with van der Waals surface area (Å²) in [5.74, 6) is 0.0199. The van der Waals surface area contributed by atoms with E-state index in [0.717, 1.165) is 30.6 Å². The van der Waals surface area contributed by atoms with E-state index in [9.17, 15) is 10.1 Å². The quantitative estimate of drug-likeness (QED) is 0.826. The van der Waals surface area contributed by atoms with Crippen molar-refractivity contribution in [3.63, 3.8) is 0 Å². The van der Waals surface area contributed by atoms with E-state index in [1.807, 2.05) is 24.3 Å². The lowest BCUT2D eigenvalue weighted by molar-refractivity contribution is -0.114. The fraction of sp³-hybridized carbons (Fsp3) is 0.500. The molecule has 0 heterocycles. The van der Waals surface area contributed by atoms with Crippen molar-refractivity contribution in [2.24, 2.45) is 5.92 Å². The molecule has 2 unspecified atom stereocenters. The SMILES string of the molecule is CC(=O)Nc1ccc(NC2CCCCCC2C#N)cc1. The van der Waals surface area contributed by atoms with Gasteiger partial charge in [0.15, 0.2) is 0 Å². The molecule has 0 aromatic heterocycles. The Morgan fingerprint density at radius 1 is 1.15 bits per heavy atom. The number of rotatable bonds is 3. The molecule has 1 aliphatic rings. The molecule has 1 aliphatic carbocycles. The van der Waals surface area contributed by atoms with Gasteiger partial charge in [0, 0.05) is 24.3 Å². The Bertz CT molecular complexity index is 489. The van der Waals surface area contributed by atoms with Gasteiger partial charge in [-0.2, -0.15) is 5.26 Å². The maximum Gasteiger partial charge on any atom is 0.221 e. The van der Waals surface area contributed by atoms with Crippen LogP contribution in [0.2, 0.25) is 0 Å². The number of anilines is 2. The summed E-state index contributed by atoms with van der Waals surface area (Å²) in [5.41, 5.74) is 1.80. The summed E-state index contributed by atoms with van der Waals surface area (Å²) >= 11 is 0. The van der Waals surface area contributed by atoms with E-state index in [4.69, 9.17) is 0 Å². The second-order valence-electron chi connectivity index (χ2n) is 5.38. The van der Waals surface area contributed by atoms with Gasteiger partial charge in [0.2, 0.25) is 5.91 Å². The van der Waals surface area contributed by atoms with Gasteiger partial charge in [-0.1, -0.05) is 19.3 Å². The molecule has 2 N–H and O–H groups in total. The lowest BCUT2D eigenvalue weighted by Crippen LogP contribution is -2.27. The number of nitrogens with one attached hydrogen (secondary N) is 2. The van der Waals surface area contributed by atoms with Gasteiger partial charge in [-0.05, 0) is 37.1 Å². The number of hydrogen-bond acceptors (Lipinski definition) is 3. The zero-order valence-electron chi connectivity index (χ0n) is 11.9.